The van der Waals surface area contributed by atoms with Crippen molar-refractivity contribution in [3.8, 4) is 0 Å². The Labute approximate surface area is 813 Å². The number of likely N-dealkylation sites (N-methyl/N-ethyl adjacent to an activating group) is 2. The molecule has 4 fully saturated rings. The Morgan fingerprint density at radius 3 is 1.18 bits per heavy atom. The maximum absolute atomic E-state index is 13.4. The molecule has 138 heavy (non-hydrogen) atoms. The van der Waals surface area contributed by atoms with Crippen LogP contribution in [0.1, 0.15) is 144 Å². The summed E-state index contributed by atoms with van der Waals surface area (Å²) in [5, 5.41) is 18.2. The second kappa shape index (κ2) is 40.3. The van der Waals surface area contributed by atoms with Crippen LogP contribution < -0.4 is 51.5 Å². The van der Waals surface area contributed by atoms with Gasteiger partial charge in [-0.25, -0.2) is 28.8 Å². The molecule has 12 heterocycles. The van der Waals surface area contributed by atoms with Crippen LogP contribution >= 0.6 is 23.2 Å². The third kappa shape index (κ3) is 19.8. The Balaban J connectivity index is 0.000000119. The Morgan fingerprint density at radius 1 is 0.391 bits per heavy atom. The summed E-state index contributed by atoms with van der Waals surface area (Å²) in [6.07, 6.45) is 8.99. The number of para-hydroxylation sites is 4. The molecule has 30 heteroatoms. The summed E-state index contributed by atoms with van der Waals surface area (Å²) in [7, 11) is 3.42. The van der Waals surface area contributed by atoms with E-state index in [1.807, 2.05) is 209 Å². The molecule has 0 bridgehead atoms. The number of fused-ring (bicyclic) bond motifs is 12. The van der Waals surface area contributed by atoms with Crippen LogP contribution in [0.2, 0.25) is 10.0 Å². The van der Waals surface area contributed by atoms with E-state index in [1.165, 1.54) is 27.8 Å². The van der Waals surface area contributed by atoms with E-state index in [4.69, 9.17) is 52.1 Å². The van der Waals surface area contributed by atoms with Gasteiger partial charge >= 0.3 is 36.3 Å². The second-order valence-electron chi connectivity index (χ2n) is 37.6. The maximum Gasteiger partial charge on any atom is 0.412 e. The molecule has 12 amide bonds. The number of aliphatic imine (C=N–C) groups is 2. The molecule has 28 nitrogen and oxygen atoms in total. The lowest BCUT2D eigenvalue weighted by molar-refractivity contribution is -0.120. The molecule has 10 aromatic rings. The fraction of sp³-hybridized carbons (Fsp3) is 0.352. The van der Waals surface area contributed by atoms with E-state index >= 15 is 0 Å². The zero-order valence-corrected chi connectivity index (χ0v) is 79.5. The normalized spacial score (nSPS) is 20.1. The standard InChI is InChI=1S/C31H32N6O4.C31H33N5O3.C23H24ClN3O3.C23H25ClN2O2/c1-20-8-7-9-21(18-20)32-29(39)35-27-28(38)36(2)26-13-6-3-10-22(26)25(33-27)19-37-16-14-31(15-17-37)23-11-4-5-12-24(23)34-30(40)41-31;1-21-8-7-10-23(18-21)32-30(38)34-28-29(37)35(2)27-13-6-4-11-24(27)26(33-28)19-36-16-14-31(15-17-36)25-12-5-3-9-22(25)20-39-31;24-17-8-9-20-16(15-17)5-3-4-12-27(20)22(29)26-13-10-23(11-14-26)18-6-1-2-7-19(18)25-21(28)30-23;24-19-8-9-21-17(15-19)5-3-4-12-26(21)22(27)25-13-10-23(11-14-25)20-7-2-1-6-18(20)16-28-23/h3-13,18,27H,14-17,19H2,1-2H3,(H,34,40)(H2,32,35,39);3-13,18,28H,14-17,19-20H2,1-2H3,(H2,32,34,38);1-2,6-9,15H,3-5,10-14H2,(H,25,28);1-2,6-9,15H,3-5,10-14,16H2. The van der Waals surface area contributed by atoms with Gasteiger partial charge in [-0.1, -0.05) is 169 Å². The minimum Gasteiger partial charge on any atom is -0.438 e. The lowest BCUT2D eigenvalue weighted by Gasteiger charge is -2.45. The Hall–Kier alpha value is -13.5. The molecule has 22 rings (SSSR count). The number of urea groups is 4. The highest BCUT2D eigenvalue weighted by Crippen LogP contribution is 2.50. The molecule has 12 aliphatic rings. The summed E-state index contributed by atoms with van der Waals surface area (Å²) in [6, 6.07) is 73.8. The van der Waals surface area contributed by atoms with Crippen molar-refractivity contribution in [3.63, 3.8) is 0 Å². The van der Waals surface area contributed by atoms with Gasteiger partial charge in [0.25, 0.3) is 11.8 Å². The first-order valence-corrected chi connectivity index (χ1v) is 48.6. The van der Waals surface area contributed by atoms with Gasteiger partial charge in [0.05, 0.1) is 58.6 Å². The third-order valence-corrected chi connectivity index (χ3v) is 29.4. The molecule has 2 unspecified atom stereocenters. The molecule has 4 spiro atoms. The fourth-order valence-corrected chi connectivity index (χ4v) is 22.0. The van der Waals surface area contributed by atoms with Crippen molar-refractivity contribution in [1.29, 1.82) is 0 Å². The van der Waals surface area contributed by atoms with Gasteiger partial charge in [-0.05, 0) is 207 Å². The van der Waals surface area contributed by atoms with E-state index in [2.05, 4.69) is 90.2 Å². The van der Waals surface area contributed by atoms with Gasteiger partial charge in [0, 0.05) is 173 Å². The summed E-state index contributed by atoms with van der Waals surface area (Å²) < 4.78 is 24.3. The number of nitrogens with one attached hydrogen (secondary N) is 6. The number of hydrogen-bond acceptors (Lipinski definition) is 16. The van der Waals surface area contributed by atoms with Crippen molar-refractivity contribution in [3.05, 3.63) is 307 Å². The summed E-state index contributed by atoms with van der Waals surface area (Å²) in [5.74, 6) is -0.618. The van der Waals surface area contributed by atoms with Crippen molar-refractivity contribution in [2.45, 2.75) is 152 Å². The topological polar surface area (TPSA) is 296 Å². The Bertz CT molecular complexity index is 6400. The number of carbonyl (C=O) groups is 8. The minimum atomic E-state index is -1.10. The monoisotopic (exact) mass is 1900 g/mol. The van der Waals surface area contributed by atoms with Gasteiger partial charge in [-0.3, -0.25) is 49.8 Å². The van der Waals surface area contributed by atoms with Crippen LogP contribution in [0.25, 0.3) is 0 Å². The van der Waals surface area contributed by atoms with Crippen LogP contribution in [0.3, 0.4) is 0 Å². The van der Waals surface area contributed by atoms with Gasteiger partial charge in [-0.2, -0.15) is 0 Å². The number of hydrogen-bond donors (Lipinski definition) is 6. The van der Waals surface area contributed by atoms with E-state index in [9.17, 15) is 38.4 Å². The van der Waals surface area contributed by atoms with E-state index in [0.717, 1.165) is 181 Å². The number of rotatable bonds is 8. The summed E-state index contributed by atoms with van der Waals surface area (Å²) >= 11 is 12.4. The van der Waals surface area contributed by atoms with Crippen LogP contribution in [-0.2, 0) is 77.0 Å². The molecule has 0 saturated carbocycles. The van der Waals surface area contributed by atoms with Crippen molar-refractivity contribution >= 4 is 128 Å². The summed E-state index contributed by atoms with van der Waals surface area (Å²) in [5.41, 5.74) is 19.4. The number of halogens is 2. The number of benzodiazepines with no additional fused rings is 2. The molecule has 12 aliphatic heterocycles. The molecule has 0 radical (unpaired) electrons. The average molecular weight is 1900 g/mol. The first kappa shape index (κ1) is 93.5. The molecule has 2 atom stereocenters. The van der Waals surface area contributed by atoms with Crippen LogP contribution in [0.5, 0.6) is 0 Å². The van der Waals surface area contributed by atoms with E-state index in [1.54, 1.807) is 30.0 Å². The average Bonchev–Trinajstić information content (AvgIpc) is 1.67. The molecule has 10 aromatic carbocycles. The second-order valence-corrected chi connectivity index (χ2v) is 38.4. The van der Waals surface area contributed by atoms with Crippen molar-refractivity contribution in [1.82, 2.24) is 30.2 Å². The molecule has 0 aliphatic carbocycles. The minimum absolute atomic E-state index is 0.0175. The third-order valence-electron chi connectivity index (χ3n) is 28.9. The van der Waals surface area contributed by atoms with Crippen LogP contribution in [0, 0.1) is 13.8 Å². The summed E-state index contributed by atoms with van der Waals surface area (Å²) in [6.45, 7) is 13.4. The number of likely N-dealkylation sites (tertiary alicyclic amines) is 4. The fourth-order valence-electron chi connectivity index (χ4n) is 21.6. The van der Waals surface area contributed by atoms with Gasteiger partial charge < -0.3 is 59.8 Å². The van der Waals surface area contributed by atoms with Gasteiger partial charge in [-0.15, -0.1) is 0 Å². The number of benzene rings is 10. The zero-order chi connectivity index (χ0) is 95.4. The molecule has 4 saturated heterocycles. The van der Waals surface area contributed by atoms with Crippen molar-refractivity contribution < 1.29 is 57.3 Å². The highest BCUT2D eigenvalue weighted by Gasteiger charge is 2.50. The first-order chi connectivity index (χ1) is 66.9. The molecule has 712 valence electrons. The van der Waals surface area contributed by atoms with Crippen LogP contribution in [0.4, 0.5) is 74.3 Å². The molecule has 6 N–H and O–H groups in total. The number of amides is 12. The van der Waals surface area contributed by atoms with Crippen LogP contribution in [-0.4, -0.2) is 184 Å². The molecular weight excluding hydrogens is 1780 g/mol. The maximum atomic E-state index is 13.4. The SMILES string of the molecule is Cc1cccc(NC(=O)NC2N=C(CN3CCC4(CC3)OC(=O)Nc3ccccc34)c3ccccc3N(C)C2=O)c1.Cc1cccc(NC(=O)NC2N=C(CN3CCC4(CC3)OCc3ccccc34)c3ccccc3N(C)C2=O)c1.O=C(N1CCC2(CC1)OCc1ccccc12)N1CCCCc2cc(Cl)ccc21.O=C1Nc2ccccc2C2(CCN(C(=O)N3CCCCc4cc(Cl)ccc43)CC2)O1. The Kier molecular flexibility index (Phi) is 27.3. The van der Waals surface area contributed by atoms with E-state index < -0.39 is 47.8 Å². The van der Waals surface area contributed by atoms with E-state index in [0.29, 0.717) is 107 Å². The number of piperidine rings is 4. The highest BCUT2D eigenvalue weighted by atomic mass is 35.5. The largest absolute Gasteiger partial charge is 0.438 e. The smallest absolute Gasteiger partial charge is 0.412 e. The lowest BCUT2D eigenvalue weighted by atomic mass is 9.82. The molecule has 0 aromatic heterocycles. The van der Waals surface area contributed by atoms with Crippen molar-refractivity contribution in [2.75, 3.05) is 133 Å². The quantitative estimate of drug-likeness (QED) is 0.0825. The first-order valence-electron chi connectivity index (χ1n) is 47.9. The number of carbonyl (C=O) groups excluding carboxylic acids is 8. The lowest BCUT2D eigenvalue weighted by Crippen LogP contribution is -2.53. The number of aryl methyl sites for hydroxylation is 4. The van der Waals surface area contributed by atoms with Gasteiger partial charge in [0.2, 0.25) is 12.3 Å². The number of nitrogens with zero attached hydrogens (tertiary/aromatic N) is 10. The van der Waals surface area contributed by atoms with Gasteiger partial charge in [0.1, 0.15) is 11.2 Å². The van der Waals surface area contributed by atoms with Crippen LogP contribution in [0.15, 0.2) is 241 Å². The number of ether oxygens (including phenoxy) is 4. The van der Waals surface area contributed by atoms with E-state index in [-0.39, 0.29) is 35.1 Å². The number of anilines is 8. The highest BCUT2D eigenvalue weighted by molar-refractivity contribution is 6.31. The molecular formula is C108H114Cl2N16O12. The zero-order valence-electron chi connectivity index (χ0n) is 78.0. The Morgan fingerprint density at radius 2 is 0.761 bits per heavy atom. The van der Waals surface area contributed by atoms with Gasteiger partial charge in [0.15, 0.2) is 0 Å². The van der Waals surface area contributed by atoms with Crippen molar-refractivity contribution in [2.24, 2.45) is 9.98 Å². The predicted octanol–water partition coefficient (Wildman–Crippen LogP) is 19.2. The summed E-state index contributed by atoms with van der Waals surface area (Å²) in [4.78, 5) is 129. The predicted molar refractivity (Wildman–Crippen MR) is 537 cm³/mol.